The van der Waals surface area contributed by atoms with E-state index in [4.69, 9.17) is 0 Å². The fourth-order valence-corrected chi connectivity index (χ4v) is 3.50. The van der Waals surface area contributed by atoms with E-state index in [1.165, 1.54) is 0 Å². The van der Waals surface area contributed by atoms with E-state index >= 15 is 0 Å². The van der Waals surface area contributed by atoms with E-state index in [-0.39, 0.29) is 35.2 Å². The van der Waals surface area contributed by atoms with Gasteiger partial charge in [0.05, 0.1) is 6.61 Å². The maximum atomic E-state index is 12.0. The number of carbonyl (C=O) groups excluding carboxylic acids is 1. The molecule has 2 rings (SSSR count). The summed E-state index contributed by atoms with van der Waals surface area (Å²) in [7, 11) is 0. The minimum Gasteiger partial charge on any atom is -0.396 e. The van der Waals surface area contributed by atoms with Gasteiger partial charge in [0, 0.05) is 29.1 Å². The van der Waals surface area contributed by atoms with Crippen molar-refractivity contribution >= 4 is 6.03 Å². The molecule has 20 heavy (non-hydrogen) atoms. The van der Waals surface area contributed by atoms with Crippen LogP contribution in [0.3, 0.4) is 0 Å². The molecule has 4 N–H and O–H groups in total. The highest BCUT2D eigenvalue weighted by Gasteiger charge is 2.42. The van der Waals surface area contributed by atoms with Crippen LogP contribution in [0, 0.1) is 5.41 Å². The summed E-state index contributed by atoms with van der Waals surface area (Å²) in [5.41, 5.74) is 0.0228. The minimum absolute atomic E-state index is 0.0303. The third-order valence-electron chi connectivity index (χ3n) is 4.44. The van der Waals surface area contributed by atoms with Gasteiger partial charge in [0.15, 0.2) is 0 Å². The maximum absolute atomic E-state index is 12.0. The van der Waals surface area contributed by atoms with Crippen molar-refractivity contribution in [3.05, 3.63) is 0 Å². The maximum Gasteiger partial charge on any atom is 0.315 e. The molecule has 1 saturated heterocycles. The molecule has 1 saturated carbocycles. The Morgan fingerprint density at radius 3 is 2.20 bits per heavy atom. The van der Waals surface area contributed by atoms with Crippen LogP contribution >= 0.6 is 0 Å². The zero-order valence-electron chi connectivity index (χ0n) is 13.2. The van der Waals surface area contributed by atoms with Crippen LogP contribution in [0.25, 0.3) is 0 Å². The summed E-state index contributed by atoms with van der Waals surface area (Å²) in [5.74, 6) is 0. The Kier molecular flexibility index (Phi) is 4.04. The van der Waals surface area contributed by atoms with Crippen molar-refractivity contribution < 1.29 is 9.90 Å². The lowest BCUT2D eigenvalue weighted by Gasteiger charge is -2.46. The van der Waals surface area contributed by atoms with Crippen LogP contribution in [0.15, 0.2) is 0 Å². The number of rotatable bonds is 4. The van der Waals surface area contributed by atoms with Gasteiger partial charge in [-0.25, -0.2) is 4.79 Å². The molecule has 0 unspecified atom stereocenters. The van der Waals surface area contributed by atoms with Crippen LogP contribution in [0.2, 0.25) is 0 Å². The first-order valence-electron chi connectivity index (χ1n) is 7.60. The van der Waals surface area contributed by atoms with Crippen LogP contribution in [-0.2, 0) is 0 Å². The first kappa shape index (κ1) is 15.6. The van der Waals surface area contributed by atoms with Crippen molar-refractivity contribution in [2.45, 2.75) is 70.5 Å². The van der Waals surface area contributed by atoms with Crippen molar-refractivity contribution in [1.29, 1.82) is 0 Å². The Bertz CT molecular complexity index is 359. The molecule has 2 aliphatic rings. The molecule has 0 spiro atoms. The number of carbonyl (C=O) groups is 1. The summed E-state index contributed by atoms with van der Waals surface area (Å²) in [6, 6.07) is 0.0776. The van der Waals surface area contributed by atoms with E-state index in [1.807, 2.05) is 0 Å². The topological polar surface area (TPSA) is 73.4 Å². The van der Waals surface area contributed by atoms with Crippen LogP contribution in [-0.4, -0.2) is 41.4 Å². The molecule has 0 aromatic rings. The second kappa shape index (κ2) is 5.19. The Labute approximate surface area is 121 Å². The highest BCUT2D eigenvalue weighted by Crippen LogP contribution is 2.44. The number of hydrogen-bond donors (Lipinski definition) is 4. The molecule has 2 amide bonds. The predicted molar refractivity (Wildman–Crippen MR) is 79.6 cm³/mol. The van der Waals surface area contributed by atoms with Crippen molar-refractivity contribution in [2.75, 3.05) is 13.2 Å². The molecule has 0 radical (unpaired) electrons. The van der Waals surface area contributed by atoms with Gasteiger partial charge in [-0.1, -0.05) is 0 Å². The molecule has 0 aromatic heterocycles. The summed E-state index contributed by atoms with van der Waals surface area (Å²) in [6.45, 7) is 9.43. The lowest BCUT2D eigenvalue weighted by atomic mass is 9.80. The molecule has 2 fully saturated rings. The monoisotopic (exact) mass is 283 g/mol. The molecular formula is C15H29N3O2. The molecule has 1 heterocycles. The summed E-state index contributed by atoms with van der Waals surface area (Å²) >= 11 is 0. The fraction of sp³-hybridized carbons (Fsp3) is 0.933. The second-order valence-corrected chi connectivity index (χ2v) is 7.98. The highest BCUT2D eigenvalue weighted by atomic mass is 16.3. The zero-order valence-corrected chi connectivity index (χ0v) is 13.2. The summed E-state index contributed by atoms with van der Waals surface area (Å²) in [6.07, 6.45) is 3.87. The van der Waals surface area contributed by atoms with E-state index in [0.29, 0.717) is 6.54 Å². The number of piperidine rings is 1. The van der Waals surface area contributed by atoms with Crippen LogP contribution in [0.1, 0.15) is 53.4 Å². The van der Waals surface area contributed by atoms with Crippen molar-refractivity contribution in [3.63, 3.8) is 0 Å². The van der Waals surface area contributed by atoms with E-state index < -0.39 is 0 Å². The van der Waals surface area contributed by atoms with Gasteiger partial charge in [-0.2, -0.15) is 0 Å². The van der Waals surface area contributed by atoms with Crippen molar-refractivity contribution in [2.24, 2.45) is 5.41 Å². The number of nitrogens with one attached hydrogen (secondary N) is 3. The molecule has 1 aliphatic heterocycles. The van der Waals surface area contributed by atoms with Crippen LogP contribution in [0.4, 0.5) is 4.79 Å². The Morgan fingerprint density at radius 2 is 1.75 bits per heavy atom. The summed E-state index contributed by atoms with van der Waals surface area (Å²) in [5, 5.41) is 18.8. The minimum atomic E-state index is -0.108. The van der Waals surface area contributed by atoms with Gasteiger partial charge in [0.2, 0.25) is 0 Å². The summed E-state index contributed by atoms with van der Waals surface area (Å²) < 4.78 is 0. The van der Waals surface area contributed by atoms with Crippen molar-refractivity contribution in [1.82, 2.24) is 16.0 Å². The quantitative estimate of drug-likeness (QED) is 0.629. The van der Waals surface area contributed by atoms with Gasteiger partial charge >= 0.3 is 6.03 Å². The summed E-state index contributed by atoms with van der Waals surface area (Å²) in [4.78, 5) is 12.0. The van der Waals surface area contributed by atoms with Gasteiger partial charge in [0.1, 0.15) is 0 Å². The first-order valence-corrected chi connectivity index (χ1v) is 7.60. The third kappa shape index (κ3) is 4.09. The normalized spacial score (nSPS) is 26.9. The van der Waals surface area contributed by atoms with Crippen LogP contribution in [0.5, 0.6) is 0 Å². The molecule has 1 aliphatic carbocycles. The SMILES string of the molecule is CC1(C)CC(NC(=O)NCC2(CO)CC2)CC(C)(C)N1. The number of amides is 2. The van der Waals surface area contributed by atoms with Gasteiger partial charge in [-0.05, 0) is 53.4 Å². The van der Waals surface area contributed by atoms with Gasteiger partial charge in [-0.15, -0.1) is 0 Å². The standard InChI is InChI=1S/C15H29N3O2/c1-13(2)7-11(8-14(3,4)18-13)17-12(20)16-9-15(10-19)5-6-15/h11,18-19H,5-10H2,1-4H3,(H2,16,17,20). The molecule has 0 bridgehead atoms. The van der Waals surface area contributed by atoms with E-state index in [9.17, 15) is 9.90 Å². The van der Waals surface area contributed by atoms with Gasteiger partial charge < -0.3 is 21.1 Å². The smallest absolute Gasteiger partial charge is 0.315 e. The largest absolute Gasteiger partial charge is 0.396 e. The van der Waals surface area contributed by atoms with E-state index in [1.54, 1.807) is 0 Å². The van der Waals surface area contributed by atoms with E-state index in [2.05, 4.69) is 43.6 Å². The lowest BCUT2D eigenvalue weighted by Crippen LogP contribution is -2.62. The van der Waals surface area contributed by atoms with Crippen molar-refractivity contribution in [3.8, 4) is 0 Å². The number of hydrogen-bond acceptors (Lipinski definition) is 3. The van der Waals surface area contributed by atoms with Gasteiger partial charge in [0.25, 0.3) is 0 Å². The van der Waals surface area contributed by atoms with E-state index in [0.717, 1.165) is 25.7 Å². The zero-order chi connectivity index (χ0) is 15.0. The Morgan fingerprint density at radius 1 is 1.20 bits per heavy atom. The molecular weight excluding hydrogens is 254 g/mol. The third-order valence-corrected chi connectivity index (χ3v) is 4.44. The molecule has 116 valence electrons. The molecule has 0 aromatic carbocycles. The fourth-order valence-electron chi connectivity index (χ4n) is 3.50. The first-order chi connectivity index (χ1) is 9.15. The van der Waals surface area contributed by atoms with Gasteiger partial charge in [-0.3, -0.25) is 0 Å². The lowest BCUT2D eigenvalue weighted by molar-refractivity contribution is 0.146. The second-order valence-electron chi connectivity index (χ2n) is 7.98. The Balaban J connectivity index is 1.81. The number of aliphatic hydroxyl groups excluding tert-OH is 1. The average molecular weight is 283 g/mol. The number of urea groups is 1. The molecule has 0 atom stereocenters. The predicted octanol–water partition coefficient (Wildman–Crippen LogP) is 1.37. The molecule has 5 nitrogen and oxygen atoms in total. The number of aliphatic hydroxyl groups is 1. The average Bonchev–Trinajstić information content (AvgIpc) is 3.02. The highest BCUT2D eigenvalue weighted by molar-refractivity contribution is 5.74. The Hall–Kier alpha value is -0.810. The molecule has 5 heteroatoms. The van der Waals surface area contributed by atoms with Crippen LogP contribution < -0.4 is 16.0 Å².